The van der Waals surface area contributed by atoms with Crippen molar-refractivity contribution in [1.29, 1.82) is 0 Å². The quantitative estimate of drug-likeness (QED) is 0.570. The molecule has 0 unspecified atom stereocenters. The second-order valence-corrected chi connectivity index (χ2v) is 4.47. The maximum atomic E-state index is 5.86. The molecule has 1 aliphatic rings. The number of ether oxygens (including phenoxy) is 1. The molecule has 0 bridgehead atoms. The summed E-state index contributed by atoms with van der Waals surface area (Å²) in [5, 5.41) is 0. The molecule has 0 radical (unpaired) electrons. The fourth-order valence-corrected chi connectivity index (χ4v) is 2.20. The van der Waals surface area contributed by atoms with Crippen LogP contribution in [0.2, 0.25) is 0 Å². The smallest absolute Gasteiger partial charge is 0.126 e. The normalized spacial score (nSPS) is 19.8. The summed E-state index contributed by atoms with van der Waals surface area (Å²) >= 11 is 2.38. The Labute approximate surface area is 92.6 Å². The lowest BCUT2D eigenvalue weighted by Crippen LogP contribution is -2.13. The molecule has 0 aromatic heterocycles. The van der Waals surface area contributed by atoms with E-state index in [0.29, 0.717) is 6.10 Å². The fraction of sp³-hybridized carbons (Fsp3) is 0.455. The van der Waals surface area contributed by atoms with Crippen LogP contribution in [0.1, 0.15) is 16.7 Å². The van der Waals surface area contributed by atoms with Crippen molar-refractivity contribution in [2.45, 2.75) is 26.4 Å². The fourth-order valence-electron chi connectivity index (χ4n) is 1.71. The van der Waals surface area contributed by atoms with Crippen molar-refractivity contribution < 1.29 is 4.74 Å². The highest BCUT2D eigenvalue weighted by molar-refractivity contribution is 14.1. The summed E-state index contributed by atoms with van der Waals surface area (Å²) in [6.07, 6.45) is 1.48. The molecule has 2 heteroatoms. The molecule has 1 atom stereocenters. The average molecular weight is 288 g/mol. The zero-order valence-electron chi connectivity index (χ0n) is 7.93. The predicted molar refractivity (Wildman–Crippen MR) is 62.9 cm³/mol. The molecule has 70 valence electrons. The summed E-state index contributed by atoms with van der Waals surface area (Å²) in [6.45, 7) is 4.28. The minimum Gasteiger partial charge on any atom is -0.489 e. The van der Waals surface area contributed by atoms with Gasteiger partial charge in [-0.15, -0.1) is 0 Å². The third kappa shape index (κ3) is 1.56. The van der Waals surface area contributed by atoms with Crippen molar-refractivity contribution in [3.8, 4) is 5.75 Å². The summed E-state index contributed by atoms with van der Waals surface area (Å²) in [4.78, 5) is 0. The third-order valence-electron chi connectivity index (χ3n) is 2.66. The number of hydrogen-bond donors (Lipinski definition) is 0. The molecule has 0 fully saturated rings. The molecular weight excluding hydrogens is 275 g/mol. The van der Waals surface area contributed by atoms with Crippen molar-refractivity contribution in [2.24, 2.45) is 0 Å². The van der Waals surface area contributed by atoms with E-state index in [4.69, 9.17) is 4.74 Å². The van der Waals surface area contributed by atoms with Gasteiger partial charge < -0.3 is 4.74 Å². The Morgan fingerprint density at radius 3 is 2.92 bits per heavy atom. The lowest BCUT2D eigenvalue weighted by atomic mass is 10.0. The predicted octanol–water partition coefficient (Wildman–Crippen LogP) is 3.04. The first-order valence-electron chi connectivity index (χ1n) is 4.54. The van der Waals surface area contributed by atoms with Gasteiger partial charge in [-0.05, 0) is 30.5 Å². The van der Waals surface area contributed by atoms with E-state index >= 15 is 0 Å². The Hall–Kier alpha value is -0.250. The number of hydrogen-bond acceptors (Lipinski definition) is 1. The van der Waals surface area contributed by atoms with Gasteiger partial charge in [0.2, 0.25) is 0 Å². The first kappa shape index (κ1) is 9.31. The highest BCUT2D eigenvalue weighted by Gasteiger charge is 2.23. The Morgan fingerprint density at radius 1 is 1.46 bits per heavy atom. The van der Waals surface area contributed by atoms with Crippen molar-refractivity contribution in [1.82, 2.24) is 0 Å². The SMILES string of the molecule is Cc1ccc2c(c1C)O[C@H](CI)C2. The van der Waals surface area contributed by atoms with Gasteiger partial charge in [0.05, 0.1) is 0 Å². The second-order valence-electron chi connectivity index (χ2n) is 3.59. The lowest BCUT2D eigenvalue weighted by Gasteiger charge is -2.08. The van der Waals surface area contributed by atoms with Crippen molar-refractivity contribution in [3.63, 3.8) is 0 Å². The zero-order chi connectivity index (χ0) is 9.42. The lowest BCUT2D eigenvalue weighted by molar-refractivity contribution is 0.261. The highest BCUT2D eigenvalue weighted by atomic mass is 127. The molecular formula is C11H13IO. The Bertz CT molecular complexity index is 333. The number of rotatable bonds is 1. The molecule has 13 heavy (non-hydrogen) atoms. The van der Waals surface area contributed by atoms with E-state index in [2.05, 4.69) is 48.6 Å². The molecule has 0 saturated heterocycles. The van der Waals surface area contributed by atoms with Crippen molar-refractivity contribution in [3.05, 3.63) is 28.8 Å². The van der Waals surface area contributed by atoms with E-state index in [1.807, 2.05) is 0 Å². The molecule has 0 spiro atoms. The standard InChI is InChI=1S/C11H13IO/c1-7-3-4-9-5-10(6-12)13-11(9)8(7)2/h3-4,10H,5-6H2,1-2H3/t10-/m0/s1. The summed E-state index contributed by atoms with van der Waals surface area (Å²) in [5.41, 5.74) is 4.02. The van der Waals surface area contributed by atoms with Crippen LogP contribution in [0, 0.1) is 13.8 Å². The van der Waals surface area contributed by atoms with Gasteiger partial charge in [-0.2, -0.15) is 0 Å². The van der Waals surface area contributed by atoms with Crippen LogP contribution >= 0.6 is 22.6 Å². The Kier molecular flexibility index (Phi) is 2.49. The molecule has 1 aromatic rings. The number of alkyl halides is 1. The molecule has 1 aromatic carbocycles. The van der Waals surface area contributed by atoms with E-state index < -0.39 is 0 Å². The first-order chi connectivity index (χ1) is 6.22. The molecule has 0 N–H and O–H groups in total. The number of aryl methyl sites for hydroxylation is 1. The summed E-state index contributed by atoms with van der Waals surface area (Å²) in [6, 6.07) is 4.39. The van der Waals surface area contributed by atoms with Crippen molar-refractivity contribution in [2.75, 3.05) is 4.43 Å². The van der Waals surface area contributed by atoms with Crippen LogP contribution in [0.15, 0.2) is 12.1 Å². The summed E-state index contributed by atoms with van der Waals surface area (Å²) in [7, 11) is 0. The van der Waals surface area contributed by atoms with Gasteiger partial charge in [0.25, 0.3) is 0 Å². The van der Waals surface area contributed by atoms with Crippen LogP contribution in [0.25, 0.3) is 0 Å². The van der Waals surface area contributed by atoms with E-state index in [9.17, 15) is 0 Å². The van der Waals surface area contributed by atoms with Crippen LogP contribution in [-0.4, -0.2) is 10.5 Å². The first-order valence-corrected chi connectivity index (χ1v) is 6.06. The van der Waals surface area contributed by atoms with Crippen LogP contribution in [0.5, 0.6) is 5.75 Å². The van der Waals surface area contributed by atoms with E-state index in [-0.39, 0.29) is 0 Å². The van der Waals surface area contributed by atoms with Crippen LogP contribution in [0.3, 0.4) is 0 Å². The average Bonchev–Trinajstić information content (AvgIpc) is 2.55. The largest absolute Gasteiger partial charge is 0.489 e. The molecule has 1 aliphatic heterocycles. The van der Waals surface area contributed by atoms with Gasteiger partial charge in [0.1, 0.15) is 11.9 Å². The maximum Gasteiger partial charge on any atom is 0.126 e. The minimum absolute atomic E-state index is 0.399. The van der Waals surface area contributed by atoms with Crippen LogP contribution in [0.4, 0.5) is 0 Å². The minimum atomic E-state index is 0.399. The van der Waals surface area contributed by atoms with Gasteiger partial charge in [-0.1, -0.05) is 34.7 Å². The monoisotopic (exact) mass is 288 g/mol. The Balaban J connectivity index is 2.40. The van der Waals surface area contributed by atoms with Crippen LogP contribution in [-0.2, 0) is 6.42 Å². The molecule has 1 nitrogen and oxygen atoms in total. The van der Waals surface area contributed by atoms with E-state index in [0.717, 1.165) is 16.6 Å². The van der Waals surface area contributed by atoms with Gasteiger partial charge in [0.15, 0.2) is 0 Å². The molecule has 0 amide bonds. The third-order valence-corrected chi connectivity index (χ3v) is 3.64. The molecule has 0 aliphatic carbocycles. The molecule has 0 saturated carbocycles. The van der Waals surface area contributed by atoms with Gasteiger partial charge >= 0.3 is 0 Å². The van der Waals surface area contributed by atoms with Gasteiger partial charge in [0, 0.05) is 10.8 Å². The number of fused-ring (bicyclic) bond motifs is 1. The molecule has 1 heterocycles. The Morgan fingerprint density at radius 2 is 2.23 bits per heavy atom. The number of benzene rings is 1. The van der Waals surface area contributed by atoms with Crippen molar-refractivity contribution >= 4 is 22.6 Å². The highest BCUT2D eigenvalue weighted by Crippen LogP contribution is 2.34. The van der Waals surface area contributed by atoms with E-state index in [1.54, 1.807) is 0 Å². The maximum absolute atomic E-state index is 5.86. The topological polar surface area (TPSA) is 9.23 Å². The zero-order valence-corrected chi connectivity index (χ0v) is 10.1. The molecule has 2 rings (SSSR count). The summed E-state index contributed by atoms with van der Waals surface area (Å²) < 4.78 is 6.93. The van der Waals surface area contributed by atoms with E-state index in [1.165, 1.54) is 16.7 Å². The van der Waals surface area contributed by atoms with Gasteiger partial charge in [-0.3, -0.25) is 0 Å². The number of halogens is 1. The second kappa shape index (κ2) is 3.48. The summed E-state index contributed by atoms with van der Waals surface area (Å²) in [5.74, 6) is 1.14. The van der Waals surface area contributed by atoms with Crippen LogP contribution < -0.4 is 4.74 Å². The van der Waals surface area contributed by atoms with Gasteiger partial charge in [-0.25, -0.2) is 0 Å².